The topological polar surface area (TPSA) is 49.9 Å². The summed E-state index contributed by atoms with van der Waals surface area (Å²) < 4.78 is 5.74. The lowest BCUT2D eigenvalue weighted by Crippen LogP contribution is -2.48. The highest BCUT2D eigenvalue weighted by Gasteiger charge is 2.38. The first-order valence-electron chi connectivity index (χ1n) is 11.6. The quantitative estimate of drug-likeness (QED) is 0.398. The van der Waals surface area contributed by atoms with Gasteiger partial charge in [0, 0.05) is 34.4 Å². The van der Waals surface area contributed by atoms with Crippen molar-refractivity contribution in [2.75, 3.05) is 18.6 Å². The van der Waals surface area contributed by atoms with Crippen molar-refractivity contribution >= 4 is 46.3 Å². The van der Waals surface area contributed by atoms with Crippen molar-refractivity contribution in [3.05, 3.63) is 63.0 Å². The Morgan fingerprint density at radius 3 is 2.65 bits per heavy atom. The van der Waals surface area contributed by atoms with E-state index in [0.29, 0.717) is 21.6 Å². The summed E-state index contributed by atoms with van der Waals surface area (Å²) in [6.45, 7) is 10.1. The van der Waals surface area contributed by atoms with Gasteiger partial charge in [0.15, 0.2) is 0 Å². The summed E-state index contributed by atoms with van der Waals surface area (Å²) in [5.41, 5.74) is 4.04. The fourth-order valence-corrected chi connectivity index (χ4v) is 6.06. The van der Waals surface area contributed by atoms with Crippen molar-refractivity contribution in [2.45, 2.75) is 58.5 Å². The van der Waals surface area contributed by atoms with Crippen molar-refractivity contribution in [1.29, 1.82) is 0 Å². The fourth-order valence-electron chi connectivity index (χ4n) is 5.04. The van der Waals surface area contributed by atoms with Crippen molar-refractivity contribution in [1.82, 2.24) is 4.90 Å². The molecule has 1 saturated heterocycles. The largest absolute Gasteiger partial charge is 0.496 e. The SMILES string of the molecule is CCCN1c2cc(OC)c(/C=C3/SC(=O)N(Cc4ccccc4Cl)C3=O)cc2C(C)CC1(C)C. The average Bonchev–Trinajstić information content (AvgIpc) is 3.05. The van der Waals surface area contributed by atoms with E-state index in [0.717, 1.165) is 42.3 Å². The lowest BCUT2D eigenvalue weighted by atomic mass is 9.79. The van der Waals surface area contributed by atoms with Gasteiger partial charge in [-0.15, -0.1) is 0 Å². The Morgan fingerprint density at radius 1 is 1.24 bits per heavy atom. The maximum atomic E-state index is 13.1. The van der Waals surface area contributed by atoms with Gasteiger partial charge in [-0.25, -0.2) is 0 Å². The number of halogens is 1. The van der Waals surface area contributed by atoms with Crippen LogP contribution in [0.5, 0.6) is 5.75 Å². The van der Waals surface area contributed by atoms with Gasteiger partial charge in [-0.3, -0.25) is 14.5 Å². The van der Waals surface area contributed by atoms with E-state index in [1.165, 1.54) is 16.2 Å². The Hall–Kier alpha value is -2.44. The molecule has 2 aliphatic rings. The molecule has 2 amide bonds. The van der Waals surface area contributed by atoms with Crippen LogP contribution in [0.1, 0.15) is 63.1 Å². The number of ether oxygens (including phenoxy) is 1. The third-order valence-corrected chi connectivity index (χ3v) is 7.91. The summed E-state index contributed by atoms with van der Waals surface area (Å²) in [6.07, 6.45) is 3.88. The molecule has 7 heteroatoms. The second-order valence-electron chi connectivity index (χ2n) is 9.58. The van der Waals surface area contributed by atoms with Crippen LogP contribution in [0.3, 0.4) is 0 Å². The van der Waals surface area contributed by atoms with Crippen LogP contribution in [0.2, 0.25) is 5.02 Å². The van der Waals surface area contributed by atoms with Gasteiger partial charge in [0.25, 0.3) is 11.1 Å². The number of nitrogens with zero attached hydrogens (tertiary/aromatic N) is 2. The molecule has 0 bridgehead atoms. The maximum absolute atomic E-state index is 13.1. The van der Waals surface area contributed by atoms with E-state index in [4.69, 9.17) is 16.3 Å². The summed E-state index contributed by atoms with van der Waals surface area (Å²) in [5.74, 6) is 0.755. The van der Waals surface area contributed by atoms with Crippen LogP contribution in [0.4, 0.5) is 10.5 Å². The molecule has 4 rings (SSSR count). The molecule has 2 aromatic rings. The van der Waals surface area contributed by atoms with E-state index in [1.807, 2.05) is 18.2 Å². The lowest BCUT2D eigenvalue weighted by molar-refractivity contribution is -0.123. The van der Waals surface area contributed by atoms with Crippen LogP contribution in [0, 0.1) is 0 Å². The van der Waals surface area contributed by atoms with E-state index in [1.54, 1.807) is 19.3 Å². The summed E-state index contributed by atoms with van der Waals surface area (Å²) in [5, 5.41) is 0.243. The Balaban J connectivity index is 1.69. The zero-order chi connectivity index (χ0) is 24.6. The summed E-state index contributed by atoms with van der Waals surface area (Å²) in [4.78, 5) is 29.9. The molecule has 1 fully saturated rings. The Morgan fingerprint density at radius 2 is 1.97 bits per heavy atom. The van der Waals surface area contributed by atoms with Crippen molar-refractivity contribution < 1.29 is 14.3 Å². The molecule has 0 aliphatic carbocycles. The van der Waals surface area contributed by atoms with Crippen LogP contribution in [0.15, 0.2) is 41.3 Å². The summed E-state index contributed by atoms with van der Waals surface area (Å²) >= 11 is 7.20. The number of carbonyl (C=O) groups is 2. The molecule has 1 unspecified atom stereocenters. The Kier molecular flexibility index (Phi) is 7.02. The molecule has 0 radical (unpaired) electrons. The van der Waals surface area contributed by atoms with Crippen LogP contribution >= 0.6 is 23.4 Å². The first-order chi connectivity index (χ1) is 16.2. The molecular weight excluding hydrogens is 468 g/mol. The van der Waals surface area contributed by atoms with E-state index < -0.39 is 0 Å². The van der Waals surface area contributed by atoms with Crippen molar-refractivity contribution in [3.8, 4) is 5.75 Å². The normalized spacial score (nSPS) is 20.8. The highest BCUT2D eigenvalue weighted by atomic mass is 35.5. The van der Waals surface area contributed by atoms with Gasteiger partial charge in [0.2, 0.25) is 0 Å². The highest BCUT2D eigenvalue weighted by molar-refractivity contribution is 8.18. The Labute approximate surface area is 211 Å². The van der Waals surface area contributed by atoms with Crippen LogP contribution in [0.25, 0.3) is 6.08 Å². The monoisotopic (exact) mass is 498 g/mol. The molecule has 5 nitrogen and oxygen atoms in total. The second kappa shape index (κ2) is 9.67. The predicted octanol–water partition coefficient (Wildman–Crippen LogP) is 7.09. The molecule has 2 aliphatic heterocycles. The molecule has 2 aromatic carbocycles. The van der Waals surface area contributed by atoms with Crippen LogP contribution < -0.4 is 9.64 Å². The number of hydrogen-bond donors (Lipinski definition) is 0. The van der Waals surface area contributed by atoms with E-state index in [9.17, 15) is 9.59 Å². The van der Waals surface area contributed by atoms with Gasteiger partial charge >= 0.3 is 0 Å². The summed E-state index contributed by atoms with van der Waals surface area (Å²) in [7, 11) is 1.64. The van der Waals surface area contributed by atoms with Crippen molar-refractivity contribution in [3.63, 3.8) is 0 Å². The standard InChI is InChI=1S/C27H31ClN2O3S/c1-6-11-30-22-14-23(33-5)19(12-20(22)17(2)15-27(30,3)4)13-24-25(31)29(26(32)34-24)16-18-9-7-8-10-21(18)28/h7-10,12-14,17H,6,11,15-16H2,1-5H3/b24-13+. The lowest BCUT2D eigenvalue weighted by Gasteiger charge is -2.47. The zero-order valence-electron chi connectivity index (χ0n) is 20.4. The van der Waals surface area contributed by atoms with Gasteiger partial charge in [0.1, 0.15) is 5.75 Å². The highest BCUT2D eigenvalue weighted by Crippen LogP contribution is 2.46. The number of methoxy groups -OCH3 is 1. The minimum absolute atomic E-state index is 0.0519. The predicted molar refractivity (Wildman–Crippen MR) is 141 cm³/mol. The number of carbonyl (C=O) groups excluding carboxylic acids is 2. The van der Waals surface area contributed by atoms with Gasteiger partial charge in [-0.1, -0.05) is 43.6 Å². The average molecular weight is 499 g/mol. The van der Waals surface area contributed by atoms with Crippen LogP contribution in [-0.2, 0) is 11.3 Å². The molecule has 0 spiro atoms. The molecule has 180 valence electrons. The molecule has 34 heavy (non-hydrogen) atoms. The molecule has 0 aromatic heterocycles. The fraction of sp³-hybridized carbons (Fsp3) is 0.407. The van der Waals surface area contributed by atoms with E-state index in [2.05, 4.69) is 44.7 Å². The number of fused-ring (bicyclic) bond motifs is 1. The van der Waals surface area contributed by atoms with E-state index in [-0.39, 0.29) is 23.2 Å². The maximum Gasteiger partial charge on any atom is 0.293 e. The minimum atomic E-state index is -0.309. The number of amides is 2. The van der Waals surface area contributed by atoms with Crippen LogP contribution in [-0.4, -0.2) is 35.2 Å². The first kappa shape index (κ1) is 24.7. The smallest absolute Gasteiger partial charge is 0.293 e. The molecular formula is C27H31ClN2O3S. The van der Waals surface area contributed by atoms with Gasteiger partial charge in [0.05, 0.1) is 18.6 Å². The number of imide groups is 1. The van der Waals surface area contributed by atoms with E-state index >= 15 is 0 Å². The molecule has 2 heterocycles. The van der Waals surface area contributed by atoms with Crippen molar-refractivity contribution in [2.24, 2.45) is 0 Å². The number of thioether (sulfide) groups is 1. The number of benzene rings is 2. The van der Waals surface area contributed by atoms with Gasteiger partial charge in [-0.2, -0.15) is 0 Å². The number of hydrogen-bond acceptors (Lipinski definition) is 5. The third kappa shape index (κ3) is 4.58. The Bertz CT molecular complexity index is 1160. The second-order valence-corrected chi connectivity index (χ2v) is 11.0. The minimum Gasteiger partial charge on any atom is -0.496 e. The number of anilines is 1. The zero-order valence-corrected chi connectivity index (χ0v) is 21.9. The third-order valence-electron chi connectivity index (χ3n) is 6.63. The van der Waals surface area contributed by atoms with Gasteiger partial charge < -0.3 is 9.64 Å². The number of rotatable bonds is 6. The molecule has 0 N–H and O–H groups in total. The summed E-state index contributed by atoms with van der Waals surface area (Å²) in [6, 6.07) is 11.5. The first-order valence-corrected chi connectivity index (χ1v) is 12.8. The molecule has 1 atom stereocenters. The molecule has 0 saturated carbocycles. The van der Waals surface area contributed by atoms with Gasteiger partial charge in [-0.05, 0) is 73.7 Å².